The highest BCUT2D eigenvalue weighted by atomic mass is 32.1. The van der Waals surface area contributed by atoms with Crippen LogP contribution in [-0.2, 0) is 6.42 Å². The second kappa shape index (κ2) is 5.39. The van der Waals surface area contributed by atoms with E-state index in [2.05, 4.69) is 10.3 Å². The quantitative estimate of drug-likeness (QED) is 0.861. The van der Waals surface area contributed by atoms with Crippen molar-refractivity contribution in [2.45, 2.75) is 13.3 Å². The second-order valence-electron chi connectivity index (χ2n) is 3.79. The highest BCUT2D eigenvalue weighted by Crippen LogP contribution is 2.18. The maximum atomic E-state index is 12.9. The van der Waals surface area contributed by atoms with Crippen LogP contribution < -0.4 is 5.32 Å². The van der Waals surface area contributed by atoms with Gasteiger partial charge < -0.3 is 5.32 Å². The summed E-state index contributed by atoms with van der Waals surface area (Å²) in [5.41, 5.74) is 2.94. The van der Waals surface area contributed by atoms with Gasteiger partial charge in [-0.1, -0.05) is 0 Å². The molecule has 2 aromatic rings. The lowest BCUT2D eigenvalue weighted by Crippen LogP contribution is -2.06. The zero-order valence-corrected chi connectivity index (χ0v) is 10.5. The Hall–Kier alpha value is -1.56. The Labute approximate surface area is 106 Å². The molecule has 2 rings (SSSR count). The lowest BCUT2D eigenvalue weighted by atomic mass is 10.2. The SMILES string of the molecule is Cc1ncsc1CCNc1cc(F)c(F)c(F)c1. The molecule has 0 spiro atoms. The molecule has 0 fully saturated rings. The molecule has 1 N–H and O–H groups in total. The van der Waals surface area contributed by atoms with Gasteiger partial charge in [0.2, 0.25) is 0 Å². The molecule has 0 amide bonds. The van der Waals surface area contributed by atoms with Gasteiger partial charge in [-0.05, 0) is 6.92 Å². The van der Waals surface area contributed by atoms with Crippen molar-refractivity contribution in [2.24, 2.45) is 0 Å². The molecule has 6 heteroatoms. The Morgan fingerprint density at radius 2 is 1.89 bits per heavy atom. The zero-order chi connectivity index (χ0) is 13.1. The van der Waals surface area contributed by atoms with Gasteiger partial charge in [-0.3, -0.25) is 0 Å². The van der Waals surface area contributed by atoms with Crippen LogP contribution in [0.3, 0.4) is 0 Å². The molecular formula is C12H11F3N2S. The van der Waals surface area contributed by atoms with Gasteiger partial charge >= 0.3 is 0 Å². The molecule has 0 atom stereocenters. The molecule has 0 saturated carbocycles. The van der Waals surface area contributed by atoms with Gasteiger partial charge in [-0.25, -0.2) is 18.2 Å². The van der Waals surface area contributed by atoms with E-state index < -0.39 is 17.5 Å². The molecule has 1 aromatic carbocycles. The minimum atomic E-state index is -1.45. The van der Waals surface area contributed by atoms with Gasteiger partial charge in [0.15, 0.2) is 17.5 Å². The van der Waals surface area contributed by atoms with E-state index in [4.69, 9.17) is 0 Å². The Morgan fingerprint density at radius 3 is 2.44 bits per heavy atom. The van der Waals surface area contributed by atoms with Crippen LogP contribution in [0.5, 0.6) is 0 Å². The molecular weight excluding hydrogens is 261 g/mol. The standard InChI is InChI=1S/C12H11F3N2S/c1-7-11(18-6-17-7)2-3-16-8-4-9(13)12(15)10(14)5-8/h4-6,16H,2-3H2,1H3. The van der Waals surface area contributed by atoms with Gasteiger partial charge in [0, 0.05) is 35.7 Å². The van der Waals surface area contributed by atoms with Crippen LogP contribution in [0, 0.1) is 24.4 Å². The number of aryl methyl sites for hydroxylation is 1. The number of thiazole rings is 1. The summed E-state index contributed by atoms with van der Waals surface area (Å²) in [5.74, 6) is -3.82. The molecule has 0 unspecified atom stereocenters. The first-order chi connectivity index (χ1) is 8.58. The van der Waals surface area contributed by atoms with Crippen LogP contribution in [0.4, 0.5) is 18.9 Å². The number of nitrogens with one attached hydrogen (secondary N) is 1. The van der Waals surface area contributed by atoms with Crippen LogP contribution in [0.1, 0.15) is 10.6 Å². The number of halogens is 3. The normalized spacial score (nSPS) is 10.7. The molecule has 0 aliphatic rings. The van der Waals surface area contributed by atoms with Gasteiger partial charge in [0.1, 0.15) is 0 Å². The first-order valence-corrected chi connectivity index (χ1v) is 6.23. The van der Waals surface area contributed by atoms with Crippen molar-refractivity contribution in [2.75, 3.05) is 11.9 Å². The summed E-state index contributed by atoms with van der Waals surface area (Å²) < 4.78 is 38.6. The van der Waals surface area contributed by atoms with Crippen LogP contribution >= 0.6 is 11.3 Å². The summed E-state index contributed by atoms with van der Waals surface area (Å²) in [6.07, 6.45) is 0.705. The smallest absolute Gasteiger partial charge is 0.194 e. The van der Waals surface area contributed by atoms with Crippen molar-refractivity contribution in [3.05, 3.63) is 45.7 Å². The Balaban J connectivity index is 1.97. The largest absolute Gasteiger partial charge is 0.385 e. The highest BCUT2D eigenvalue weighted by molar-refractivity contribution is 7.09. The fourth-order valence-corrected chi connectivity index (χ4v) is 2.33. The van der Waals surface area contributed by atoms with Gasteiger partial charge in [-0.2, -0.15) is 0 Å². The summed E-state index contributed by atoms with van der Waals surface area (Å²) >= 11 is 1.53. The number of hydrogen-bond donors (Lipinski definition) is 1. The minimum Gasteiger partial charge on any atom is -0.385 e. The molecule has 1 heterocycles. The molecule has 0 aliphatic heterocycles. The van der Waals surface area contributed by atoms with E-state index in [0.29, 0.717) is 13.0 Å². The first kappa shape index (κ1) is 12.9. The summed E-state index contributed by atoms with van der Waals surface area (Å²) in [4.78, 5) is 5.22. The first-order valence-electron chi connectivity index (χ1n) is 5.35. The molecule has 2 nitrogen and oxygen atoms in total. The maximum Gasteiger partial charge on any atom is 0.194 e. The van der Waals surface area contributed by atoms with Gasteiger partial charge in [0.05, 0.1) is 11.2 Å². The Morgan fingerprint density at radius 1 is 1.22 bits per heavy atom. The zero-order valence-electron chi connectivity index (χ0n) is 9.64. The summed E-state index contributed by atoms with van der Waals surface area (Å²) in [7, 11) is 0. The predicted octanol–water partition coefficient (Wildman–Crippen LogP) is 3.52. The molecule has 0 saturated heterocycles. The van der Waals surface area contributed by atoms with Crippen molar-refractivity contribution < 1.29 is 13.2 Å². The molecule has 96 valence electrons. The predicted molar refractivity (Wildman–Crippen MR) is 65.4 cm³/mol. The fourth-order valence-electron chi connectivity index (χ4n) is 1.54. The number of rotatable bonds is 4. The molecule has 0 radical (unpaired) electrons. The van der Waals surface area contributed by atoms with E-state index in [9.17, 15) is 13.2 Å². The van der Waals surface area contributed by atoms with Crippen molar-refractivity contribution in [1.29, 1.82) is 0 Å². The van der Waals surface area contributed by atoms with Crippen molar-refractivity contribution in [1.82, 2.24) is 4.98 Å². The van der Waals surface area contributed by atoms with E-state index in [-0.39, 0.29) is 5.69 Å². The Kier molecular flexibility index (Phi) is 3.86. The topological polar surface area (TPSA) is 24.9 Å². The summed E-state index contributed by atoms with van der Waals surface area (Å²) in [6, 6.07) is 1.88. The Bertz CT molecular complexity index is 531. The number of hydrogen-bond acceptors (Lipinski definition) is 3. The highest BCUT2D eigenvalue weighted by Gasteiger charge is 2.10. The van der Waals surface area contributed by atoms with Crippen LogP contribution in [0.25, 0.3) is 0 Å². The van der Waals surface area contributed by atoms with Crippen LogP contribution in [-0.4, -0.2) is 11.5 Å². The number of anilines is 1. The number of nitrogens with zero attached hydrogens (tertiary/aromatic N) is 1. The molecule has 0 aliphatic carbocycles. The fraction of sp³-hybridized carbons (Fsp3) is 0.250. The average molecular weight is 272 g/mol. The van der Waals surface area contributed by atoms with Crippen molar-refractivity contribution in [3.63, 3.8) is 0 Å². The van der Waals surface area contributed by atoms with E-state index in [1.165, 1.54) is 11.3 Å². The summed E-state index contributed by atoms with van der Waals surface area (Å²) in [6.45, 7) is 2.41. The third-order valence-corrected chi connectivity index (χ3v) is 3.50. The number of aromatic nitrogens is 1. The van der Waals surface area contributed by atoms with Gasteiger partial charge in [-0.15, -0.1) is 11.3 Å². The third-order valence-electron chi connectivity index (χ3n) is 2.51. The monoisotopic (exact) mass is 272 g/mol. The van der Waals surface area contributed by atoms with E-state index >= 15 is 0 Å². The molecule has 1 aromatic heterocycles. The van der Waals surface area contributed by atoms with E-state index in [1.807, 2.05) is 6.92 Å². The van der Waals surface area contributed by atoms with Crippen LogP contribution in [0.2, 0.25) is 0 Å². The van der Waals surface area contributed by atoms with Crippen molar-refractivity contribution >= 4 is 17.0 Å². The lowest BCUT2D eigenvalue weighted by molar-refractivity contribution is 0.447. The van der Waals surface area contributed by atoms with Crippen LogP contribution in [0.15, 0.2) is 17.6 Å². The minimum absolute atomic E-state index is 0.230. The number of benzene rings is 1. The third kappa shape index (κ3) is 2.81. The van der Waals surface area contributed by atoms with Gasteiger partial charge in [0.25, 0.3) is 0 Å². The van der Waals surface area contributed by atoms with E-state index in [0.717, 1.165) is 22.7 Å². The van der Waals surface area contributed by atoms with E-state index in [1.54, 1.807) is 5.51 Å². The lowest BCUT2D eigenvalue weighted by Gasteiger charge is -2.06. The molecule has 18 heavy (non-hydrogen) atoms. The average Bonchev–Trinajstić information content (AvgIpc) is 2.72. The summed E-state index contributed by atoms with van der Waals surface area (Å²) in [5, 5.41) is 2.85. The second-order valence-corrected chi connectivity index (χ2v) is 4.73. The molecule has 0 bridgehead atoms. The van der Waals surface area contributed by atoms with Crippen molar-refractivity contribution in [3.8, 4) is 0 Å². The maximum absolute atomic E-state index is 12.9.